The second-order valence-electron chi connectivity index (χ2n) is 7.56. The Morgan fingerprint density at radius 3 is 2.41 bits per heavy atom. The van der Waals surface area contributed by atoms with Crippen LogP contribution in [0.1, 0.15) is 21.5 Å². The summed E-state index contributed by atoms with van der Waals surface area (Å²) in [5.41, 5.74) is 7.28. The van der Waals surface area contributed by atoms with Crippen molar-refractivity contribution in [1.29, 1.82) is 0 Å². The van der Waals surface area contributed by atoms with Crippen LogP contribution in [0.5, 0.6) is 0 Å². The molecule has 0 aliphatic rings. The molecule has 8 heteroatoms. The van der Waals surface area contributed by atoms with Gasteiger partial charge < -0.3 is 5.32 Å². The van der Waals surface area contributed by atoms with Crippen LogP contribution in [0.3, 0.4) is 0 Å². The maximum atomic E-state index is 12.2. The molecule has 2 amide bonds. The zero-order valence-electron chi connectivity index (χ0n) is 18.4. The van der Waals surface area contributed by atoms with E-state index in [4.69, 9.17) is 5.10 Å². The topological polar surface area (TPSA) is 88.4 Å². The third-order valence-electron chi connectivity index (χ3n) is 5.00. The third-order valence-corrected chi connectivity index (χ3v) is 5.53. The molecule has 0 saturated heterocycles. The number of hydrogen-bond acceptors (Lipinski definition) is 4. The molecule has 1 heterocycles. The molecule has 1 aromatic heterocycles. The minimum absolute atomic E-state index is 0.188. The number of rotatable bonds is 7. The van der Waals surface area contributed by atoms with Gasteiger partial charge in [-0.25, -0.2) is 10.1 Å². The van der Waals surface area contributed by atoms with E-state index >= 15 is 0 Å². The molecule has 4 rings (SSSR count). The van der Waals surface area contributed by atoms with E-state index < -0.39 is 5.91 Å². The van der Waals surface area contributed by atoms with Crippen molar-refractivity contribution in [2.24, 2.45) is 5.10 Å². The first-order chi connectivity index (χ1) is 16.5. The second kappa shape index (κ2) is 10.7. The first-order valence-corrected chi connectivity index (χ1v) is 11.4. The molecule has 2 N–H and O–H groups in total. The fourth-order valence-corrected chi connectivity index (χ4v) is 3.47. The van der Waals surface area contributed by atoms with Crippen LogP contribution in [0.25, 0.3) is 16.9 Å². The molecular formula is C26H22BrN5O2. The van der Waals surface area contributed by atoms with Crippen molar-refractivity contribution >= 4 is 34.0 Å². The number of benzene rings is 3. The fourth-order valence-electron chi connectivity index (χ4n) is 3.21. The van der Waals surface area contributed by atoms with Gasteiger partial charge in [-0.2, -0.15) is 10.2 Å². The summed E-state index contributed by atoms with van der Waals surface area (Å²) in [6.45, 7) is 1.76. The molecule has 3 aromatic carbocycles. The van der Waals surface area contributed by atoms with Crippen molar-refractivity contribution in [3.05, 3.63) is 106 Å². The molecule has 7 nitrogen and oxygen atoms in total. The number of carbonyl (C=O) groups is 2. The first kappa shape index (κ1) is 23.1. The number of aromatic nitrogens is 2. The highest BCUT2D eigenvalue weighted by atomic mass is 79.9. The normalized spacial score (nSPS) is 10.9. The number of amides is 2. The van der Waals surface area contributed by atoms with Crippen LogP contribution in [-0.2, 0) is 4.79 Å². The zero-order chi connectivity index (χ0) is 23.9. The van der Waals surface area contributed by atoms with Gasteiger partial charge in [0, 0.05) is 27.4 Å². The standard InChI is InChI=1S/C26H22BrN5O2/c1-18-7-9-20(10-8-18)26(34)28-16-24(33)30-29-15-21-17-32(23-5-3-2-4-6-23)31-25(21)19-11-13-22(27)14-12-19/h2-15,17H,16H2,1H3,(H,28,34)(H,30,33)/b29-15+. The van der Waals surface area contributed by atoms with Gasteiger partial charge in [-0.1, -0.05) is 64.0 Å². The van der Waals surface area contributed by atoms with E-state index in [2.05, 4.69) is 31.8 Å². The number of nitrogens with one attached hydrogen (secondary N) is 2. The Balaban J connectivity index is 1.45. The molecule has 170 valence electrons. The summed E-state index contributed by atoms with van der Waals surface area (Å²) < 4.78 is 2.73. The molecule has 4 aromatic rings. The van der Waals surface area contributed by atoms with Gasteiger partial charge in [0.2, 0.25) is 0 Å². The number of carbonyl (C=O) groups excluding carboxylic acids is 2. The Hall–Kier alpha value is -4.04. The van der Waals surface area contributed by atoms with Crippen LogP contribution in [0, 0.1) is 6.92 Å². The molecule has 34 heavy (non-hydrogen) atoms. The van der Waals surface area contributed by atoms with Gasteiger partial charge in [0.15, 0.2) is 0 Å². The molecule has 0 unspecified atom stereocenters. The van der Waals surface area contributed by atoms with Crippen LogP contribution in [0.4, 0.5) is 0 Å². The van der Waals surface area contributed by atoms with E-state index in [0.717, 1.165) is 32.5 Å². The Kier molecular flexibility index (Phi) is 7.29. The predicted octanol–water partition coefficient (Wildman–Crippen LogP) is 4.49. The summed E-state index contributed by atoms with van der Waals surface area (Å²) in [6, 6.07) is 24.7. The van der Waals surface area contributed by atoms with Gasteiger partial charge in [-0.3, -0.25) is 9.59 Å². The number of halogens is 1. The first-order valence-electron chi connectivity index (χ1n) is 10.6. The smallest absolute Gasteiger partial charge is 0.259 e. The highest BCUT2D eigenvalue weighted by molar-refractivity contribution is 9.10. The minimum atomic E-state index is -0.433. The lowest BCUT2D eigenvalue weighted by Crippen LogP contribution is -2.34. The number of hydrogen-bond donors (Lipinski definition) is 2. The summed E-state index contributed by atoms with van der Waals surface area (Å²) in [7, 11) is 0. The number of nitrogens with zero attached hydrogens (tertiary/aromatic N) is 3. The lowest BCUT2D eigenvalue weighted by atomic mass is 10.1. The fraction of sp³-hybridized carbons (Fsp3) is 0.0769. The zero-order valence-corrected chi connectivity index (χ0v) is 20.0. The molecule has 0 aliphatic heterocycles. The Labute approximate surface area is 205 Å². The molecule has 0 aliphatic carbocycles. The SMILES string of the molecule is Cc1ccc(C(=O)NCC(=O)N/N=C/c2cn(-c3ccccc3)nc2-c2ccc(Br)cc2)cc1. The van der Waals surface area contributed by atoms with Crippen LogP contribution >= 0.6 is 15.9 Å². The van der Waals surface area contributed by atoms with Crippen molar-refractivity contribution in [2.75, 3.05) is 6.54 Å². The van der Waals surface area contributed by atoms with Gasteiger partial charge in [0.1, 0.15) is 5.69 Å². The second-order valence-corrected chi connectivity index (χ2v) is 8.48. The van der Waals surface area contributed by atoms with E-state index in [1.807, 2.05) is 79.9 Å². The van der Waals surface area contributed by atoms with Crippen LogP contribution < -0.4 is 10.7 Å². The van der Waals surface area contributed by atoms with Crippen molar-refractivity contribution in [3.63, 3.8) is 0 Å². The van der Waals surface area contributed by atoms with E-state index in [0.29, 0.717) is 5.56 Å². The van der Waals surface area contributed by atoms with E-state index in [1.54, 1.807) is 23.0 Å². The summed E-state index contributed by atoms with van der Waals surface area (Å²) >= 11 is 3.45. The third kappa shape index (κ3) is 5.85. The van der Waals surface area contributed by atoms with Crippen molar-refractivity contribution in [1.82, 2.24) is 20.5 Å². The molecule has 0 radical (unpaired) electrons. The van der Waals surface area contributed by atoms with Crippen LogP contribution in [0.15, 0.2) is 94.6 Å². The van der Waals surface area contributed by atoms with Gasteiger partial charge in [-0.15, -0.1) is 0 Å². The van der Waals surface area contributed by atoms with E-state index in [-0.39, 0.29) is 12.5 Å². The van der Waals surface area contributed by atoms with Crippen LogP contribution in [0.2, 0.25) is 0 Å². The monoisotopic (exact) mass is 515 g/mol. The molecular weight excluding hydrogens is 494 g/mol. The Morgan fingerprint density at radius 2 is 1.71 bits per heavy atom. The number of aryl methyl sites for hydroxylation is 1. The average molecular weight is 516 g/mol. The minimum Gasteiger partial charge on any atom is -0.343 e. The average Bonchev–Trinajstić information content (AvgIpc) is 3.28. The van der Waals surface area contributed by atoms with Crippen molar-refractivity contribution in [3.8, 4) is 16.9 Å². The quantitative estimate of drug-likeness (QED) is 0.280. The maximum Gasteiger partial charge on any atom is 0.259 e. The summed E-state index contributed by atoms with van der Waals surface area (Å²) in [4.78, 5) is 24.4. The molecule has 0 fully saturated rings. The van der Waals surface area contributed by atoms with E-state index in [1.165, 1.54) is 0 Å². The van der Waals surface area contributed by atoms with E-state index in [9.17, 15) is 9.59 Å². The van der Waals surface area contributed by atoms with Gasteiger partial charge in [0.25, 0.3) is 11.8 Å². The van der Waals surface area contributed by atoms with Gasteiger partial charge >= 0.3 is 0 Å². The molecule has 0 atom stereocenters. The number of para-hydroxylation sites is 1. The summed E-state index contributed by atoms with van der Waals surface area (Å²) in [6.07, 6.45) is 3.39. The lowest BCUT2D eigenvalue weighted by molar-refractivity contribution is -0.120. The highest BCUT2D eigenvalue weighted by Crippen LogP contribution is 2.24. The highest BCUT2D eigenvalue weighted by Gasteiger charge is 2.12. The molecule has 0 spiro atoms. The van der Waals surface area contributed by atoms with Gasteiger partial charge in [0.05, 0.1) is 18.4 Å². The van der Waals surface area contributed by atoms with Crippen molar-refractivity contribution in [2.45, 2.75) is 6.92 Å². The van der Waals surface area contributed by atoms with Crippen LogP contribution in [-0.4, -0.2) is 34.4 Å². The Morgan fingerprint density at radius 1 is 1.00 bits per heavy atom. The lowest BCUT2D eigenvalue weighted by Gasteiger charge is -2.04. The largest absolute Gasteiger partial charge is 0.343 e. The van der Waals surface area contributed by atoms with Gasteiger partial charge in [-0.05, 0) is 43.3 Å². The molecule has 0 bridgehead atoms. The maximum absolute atomic E-state index is 12.2. The summed E-state index contributed by atoms with van der Waals surface area (Å²) in [5.74, 6) is -0.752. The number of hydrazone groups is 1. The van der Waals surface area contributed by atoms with Crippen molar-refractivity contribution < 1.29 is 9.59 Å². The molecule has 0 saturated carbocycles. The Bertz CT molecular complexity index is 1310. The predicted molar refractivity (Wildman–Crippen MR) is 136 cm³/mol. The summed E-state index contributed by atoms with van der Waals surface area (Å²) in [5, 5.41) is 11.4.